The van der Waals surface area contributed by atoms with Gasteiger partial charge in [0.1, 0.15) is 6.61 Å². The number of rotatable bonds is 8. The first-order chi connectivity index (χ1) is 11.6. The van der Waals surface area contributed by atoms with E-state index in [1.54, 1.807) is 0 Å². The molecule has 0 bridgehead atoms. The first-order valence-corrected chi connectivity index (χ1v) is 7.94. The molecule has 0 unspecified atom stereocenters. The Bertz CT molecular complexity index is 533. The molecule has 132 valence electrons. The Labute approximate surface area is 141 Å². The van der Waals surface area contributed by atoms with E-state index in [4.69, 9.17) is 14.2 Å². The quantitative estimate of drug-likeness (QED) is 0.701. The second-order valence-electron chi connectivity index (χ2n) is 5.66. The Balaban J connectivity index is 1.90. The van der Waals surface area contributed by atoms with Crippen LogP contribution in [0.4, 0.5) is 4.79 Å². The highest BCUT2D eigenvalue weighted by atomic mass is 16.7. The Morgan fingerprint density at radius 2 is 2.00 bits per heavy atom. The van der Waals surface area contributed by atoms with E-state index in [2.05, 4.69) is 10.6 Å². The molecule has 1 aliphatic rings. The summed E-state index contributed by atoms with van der Waals surface area (Å²) in [7, 11) is 2.99. The normalized spacial score (nSPS) is 18.3. The first-order valence-electron chi connectivity index (χ1n) is 7.94. The van der Waals surface area contributed by atoms with E-state index in [0.717, 1.165) is 12.0 Å². The molecule has 7 nitrogen and oxygen atoms in total. The van der Waals surface area contributed by atoms with Crippen molar-refractivity contribution in [3.8, 4) is 0 Å². The molecule has 0 spiro atoms. The van der Waals surface area contributed by atoms with Crippen LogP contribution in [0.15, 0.2) is 30.3 Å². The number of methoxy groups -OCH3 is 2. The molecule has 2 rings (SSSR count). The summed E-state index contributed by atoms with van der Waals surface area (Å²) in [6, 6.07) is 8.93. The Morgan fingerprint density at radius 3 is 2.58 bits per heavy atom. The second-order valence-corrected chi connectivity index (χ2v) is 5.66. The monoisotopic (exact) mass is 336 g/mol. The smallest absolute Gasteiger partial charge is 0.407 e. The zero-order chi connectivity index (χ0) is 17.4. The maximum atomic E-state index is 12.1. The van der Waals surface area contributed by atoms with Gasteiger partial charge in [-0.2, -0.15) is 0 Å². The SMILES string of the molecule is COC(OC)[C@H](C[C@@H]1CCNC1=O)NC(=O)OCc1ccccc1. The molecule has 0 aromatic heterocycles. The minimum atomic E-state index is -0.650. The van der Waals surface area contributed by atoms with Crippen LogP contribution in [-0.2, 0) is 25.6 Å². The molecule has 0 saturated carbocycles. The molecule has 7 heteroatoms. The Kier molecular flexibility index (Phi) is 7.02. The fourth-order valence-corrected chi connectivity index (χ4v) is 2.76. The van der Waals surface area contributed by atoms with Crippen LogP contribution in [0.5, 0.6) is 0 Å². The van der Waals surface area contributed by atoms with Crippen molar-refractivity contribution < 1.29 is 23.8 Å². The lowest BCUT2D eigenvalue weighted by molar-refractivity contribution is -0.131. The molecule has 2 N–H and O–H groups in total. The van der Waals surface area contributed by atoms with Gasteiger partial charge in [-0.15, -0.1) is 0 Å². The standard InChI is InChI=1S/C17H24N2O5/c1-22-16(23-2)14(10-13-8-9-18-15(13)20)19-17(21)24-11-12-6-4-3-5-7-12/h3-7,13-14,16H,8-11H2,1-2H3,(H,18,20)(H,19,21)/t13-,14-/m0/s1. The fraction of sp³-hybridized carbons (Fsp3) is 0.529. The number of carbonyl (C=O) groups excluding carboxylic acids is 2. The van der Waals surface area contributed by atoms with Crippen LogP contribution in [0, 0.1) is 5.92 Å². The van der Waals surface area contributed by atoms with E-state index in [9.17, 15) is 9.59 Å². The molecule has 24 heavy (non-hydrogen) atoms. The van der Waals surface area contributed by atoms with Crippen molar-refractivity contribution in [2.45, 2.75) is 31.8 Å². The van der Waals surface area contributed by atoms with Crippen LogP contribution in [0.25, 0.3) is 0 Å². The van der Waals surface area contributed by atoms with Crippen molar-refractivity contribution in [3.05, 3.63) is 35.9 Å². The van der Waals surface area contributed by atoms with Crippen molar-refractivity contribution >= 4 is 12.0 Å². The van der Waals surface area contributed by atoms with Crippen LogP contribution in [0.2, 0.25) is 0 Å². The Morgan fingerprint density at radius 1 is 1.29 bits per heavy atom. The molecule has 1 heterocycles. The van der Waals surface area contributed by atoms with Gasteiger partial charge in [0.05, 0.1) is 6.04 Å². The number of hydrogen-bond acceptors (Lipinski definition) is 5. The lowest BCUT2D eigenvalue weighted by Crippen LogP contribution is -2.47. The van der Waals surface area contributed by atoms with E-state index in [1.165, 1.54) is 14.2 Å². The number of ether oxygens (including phenoxy) is 3. The van der Waals surface area contributed by atoms with Gasteiger partial charge in [-0.05, 0) is 18.4 Å². The van der Waals surface area contributed by atoms with Gasteiger partial charge in [0.15, 0.2) is 6.29 Å². The Hall–Kier alpha value is -2.12. The van der Waals surface area contributed by atoms with Crippen molar-refractivity contribution in [2.24, 2.45) is 5.92 Å². The molecule has 1 saturated heterocycles. The first kappa shape index (κ1) is 18.2. The highest BCUT2D eigenvalue weighted by Gasteiger charge is 2.32. The van der Waals surface area contributed by atoms with Gasteiger partial charge in [-0.3, -0.25) is 4.79 Å². The highest BCUT2D eigenvalue weighted by Crippen LogP contribution is 2.19. The van der Waals surface area contributed by atoms with E-state index >= 15 is 0 Å². The van der Waals surface area contributed by atoms with Gasteiger partial charge in [0.2, 0.25) is 5.91 Å². The van der Waals surface area contributed by atoms with Gasteiger partial charge in [-0.1, -0.05) is 30.3 Å². The number of benzene rings is 1. The predicted octanol–water partition coefficient (Wildman–Crippen LogP) is 1.43. The summed E-state index contributed by atoms with van der Waals surface area (Å²) in [5, 5.41) is 5.53. The van der Waals surface area contributed by atoms with Crippen LogP contribution < -0.4 is 10.6 Å². The van der Waals surface area contributed by atoms with E-state index < -0.39 is 18.4 Å². The second kappa shape index (κ2) is 9.24. The third kappa shape index (κ3) is 5.21. The third-order valence-corrected chi connectivity index (χ3v) is 4.01. The molecule has 1 fully saturated rings. The molecular weight excluding hydrogens is 312 g/mol. The number of alkyl carbamates (subject to hydrolysis) is 1. The van der Waals surface area contributed by atoms with Crippen LogP contribution in [0.1, 0.15) is 18.4 Å². The van der Waals surface area contributed by atoms with Gasteiger partial charge >= 0.3 is 6.09 Å². The van der Waals surface area contributed by atoms with E-state index in [1.807, 2.05) is 30.3 Å². The third-order valence-electron chi connectivity index (χ3n) is 4.01. The van der Waals surface area contributed by atoms with Crippen molar-refractivity contribution in [3.63, 3.8) is 0 Å². The number of amides is 2. The van der Waals surface area contributed by atoms with Crippen molar-refractivity contribution in [2.75, 3.05) is 20.8 Å². The lowest BCUT2D eigenvalue weighted by atomic mass is 9.98. The summed E-state index contributed by atoms with van der Waals surface area (Å²) in [4.78, 5) is 23.8. The number of nitrogens with one attached hydrogen (secondary N) is 2. The number of hydrogen-bond donors (Lipinski definition) is 2. The molecule has 0 aliphatic carbocycles. The topological polar surface area (TPSA) is 85.9 Å². The molecular formula is C17H24N2O5. The zero-order valence-electron chi connectivity index (χ0n) is 14.0. The van der Waals surface area contributed by atoms with Gasteiger partial charge in [-0.25, -0.2) is 4.79 Å². The van der Waals surface area contributed by atoms with Crippen LogP contribution in [0.3, 0.4) is 0 Å². The summed E-state index contributed by atoms with van der Waals surface area (Å²) >= 11 is 0. The van der Waals surface area contributed by atoms with Gasteiger partial charge in [0, 0.05) is 26.7 Å². The molecule has 2 atom stereocenters. The zero-order valence-corrected chi connectivity index (χ0v) is 14.0. The van der Waals surface area contributed by atoms with E-state index in [0.29, 0.717) is 13.0 Å². The summed E-state index contributed by atoms with van der Waals surface area (Å²) in [5.41, 5.74) is 0.898. The fourth-order valence-electron chi connectivity index (χ4n) is 2.76. The average Bonchev–Trinajstić information content (AvgIpc) is 3.00. The minimum Gasteiger partial charge on any atom is -0.445 e. The molecule has 1 aromatic rings. The summed E-state index contributed by atoms with van der Waals surface area (Å²) < 4.78 is 15.7. The molecule has 0 radical (unpaired) electrons. The van der Waals surface area contributed by atoms with Crippen molar-refractivity contribution in [1.82, 2.24) is 10.6 Å². The van der Waals surface area contributed by atoms with Crippen LogP contribution in [-0.4, -0.2) is 45.1 Å². The van der Waals surface area contributed by atoms with Gasteiger partial charge in [0.25, 0.3) is 0 Å². The number of carbonyl (C=O) groups is 2. The lowest BCUT2D eigenvalue weighted by Gasteiger charge is -2.27. The summed E-state index contributed by atoms with van der Waals surface area (Å²) in [6.07, 6.45) is -0.0569. The largest absolute Gasteiger partial charge is 0.445 e. The minimum absolute atomic E-state index is 0.00888. The molecule has 1 aliphatic heterocycles. The summed E-state index contributed by atoms with van der Waals surface area (Å²) in [6.45, 7) is 0.827. The van der Waals surface area contributed by atoms with Gasteiger partial charge < -0.3 is 24.8 Å². The maximum absolute atomic E-state index is 12.1. The van der Waals surface area contributed by atoms with Crippen molar-refractivity contribution in [1.29, 1.82) is 0 Å². The van der Waals surface area contributed by atoms with Crippen LogP contribution >= 0.6 is 0 Å². The predicted molar refractivity (Wildman–Crippen MR) is 87.1 cm³/mol. The van der Waals surface area contributed by atoms with E-state index in [-0.39, 0.29) is 18.4 Å². The molecule has 2 amide bonds. The molecule has 1 aromatic carbocycles. The maximum Gasteiger partial charge on any atom is 0.407 e. The summed E-state index contributed by atoms with van der Waals surface area (Å²) in [5.74, 6) is -0.178. The highest BCUT2D eigenvalue weighted by molar-refractivity contribution is 5.80. The average molecular weight is 336 g/mol.